The Hall–Kier alpha value is -1.23. The van der Waals surface area contributed by atoms with Crippen molar-refractivity contribution in [1.82, 2.24) is 4.98 Å². The molecule has 1 aromatic carbocycles. The number of benzene rings is 1. The summed E-state index contributed by atoms with van der Waals surface area (Å²) in [4.78, 5) is 4.54. The molecule has 0 unspecified atom stereocenters. The second-order valence-corrected chi connectivity index (χ2v) is 6.48. The lowest BCUT2D eigenvalue weighted by molar-refractivity contribution is 0.0169. The van der Waals surface area contributed by atoms with E-state index in [4.69, 9.17) is 10.5 Å². The number of ether oxygens (including phenoxy) is 1. The lowest BCUT2D eigenvalue weighted by Gasteiger charge is -2.22. The molecule has 4 heteroatoms. The second-order valence-electron chi connectivity index (χ2n) is 5.62. The first-order valence-electron chi connectivity index (χ1n) is 7.70. The number of hydrogen-bond acceptors (Lipinski definition) is 4. The molecule has 1 aromatic heterocycles. The third-order valence-corrected chi connectivity index (χ3v) is 4.91. The zero-order valence-corrected chi connectivity index (χ0v) is 13.1. The molecule has 0 aliphatic heterocycles. The molecule has 0 bridgehead atoms. The number of nitrogens with zero attached hydrogens (tertiary/aromatic N) is 1. The number of rotatable bonds is 5. The van der Waals surface area contributed by atoms with Crippen molar-refractivity contribution in [3.63, 3.8) is 0 Å². The van der Waals surface area contributed by atoms with Gasteiger partial charge in [0.25, 0.3) is 0 Å². The molecule has 0 spiro atoms. The zero-order valence-electron chi connectivity index (χ0n) is 12.3. The van der Waals surface area contributed by atoms with Crippen LogP contribution in [-0.2, 0) is 17.9 Å². The average molecular weight is 302 g/mol. The molecule has 1 aliphatic carbocycles. The van der Waals surface area contributed by atoms with E-state index in [9.17, 15) is 0 Å². The molecule has 1 heterocycles. The summed E-state index contributed by atoms with van der Waals surface area (Å²) in [6, 6.07) is 8.49. The molecule has 0 radical (unpaired) electrons. The summed E-state index contributed by atoms with van der Waals surface area (Å²) in [6.07, 6.45) is 6.87. The molecule has 2 aromatic rings. The van der Waals surface area contributed by atoms with Crippen molar-refractivity contribution in [2.24, 2.45) is 5.73 Å². The maximum absolute atomic E-state index is 6.05. The Balaban J connectivity index is 1.65. The summed E-state index contributed by atoms with van der Waals surface area (Å²) >= 11 is 1.65. The van der Waals surface area contributed by atoms with E-state index < -0.39 is 0 Å². The maximum Gasteiger partial charge on any atom is 0.123 e. The van der Waals surface area contributed by atoms with Crippen molar-refractivity contribution in [2.45, 2.75) is 51.4 Å². The highest BCUT2D eigenvalue weighted by Gasteiger charge is 2.13. The summed E-state index contributed by atoms with van der Waals surface area (Å²) < 4.78 is 6.05. The Kier molecular flexibility index (Phi) is 5.01. The van der Waals surface area contributed by atoms with Crippen molar-refractivity contribution in [3.8, 4) is 10.6 Å². The smallest absolute Gasteiger partial charge is 0.123 e. The quantitative estimate of drug-likeness (QED) is 0.904. The number of thiazole rings is 1. The minimum Gasteiger partial charge on any atom is -0.374 e. The molecule has 0 atom stereocenters. The van der Waals surface area contributed by atoms with Gasteiger partial charge in [-0.05, 0) is 24.5 Å². The molecule has 1 saturated carbocycles. The molecule has 1 aliphatic rings. The molecule has 2 N–H and O–H groups in total. The Morgan fingerprint density at radius 1 is 1.24 bits per heavy atom. The Morgan fingerprint density at radius 2 is 2.10 bits per heavy atom. The number of nitrogens with two attached hydrogens (primary N) is 1. The monoisotopic (exact) mass is 302 g/mol. The highest BCUT2D eigenvalue weighted by atomic mass is 32.1. The lowest BCUT2D eigenvalue weighted by Crippen LogP contribution is -2.16. The highest BCUT2D eigenvalue weighted by Crippen LogP contribution is 2.26. The molecule has 0 amide bonds. The standard InChI is InChI=1S/C17H22N2OS/c18-10-15-12-21-17(19-15)14-6-4-5-13(9-14)11-20-16-7-2-1-3-8-16/h4-6,9,12,16H,1-3,7-8,10-11,18H2. The van der Waals surface area contributed by atoms with Crippen LogP contribution in [-0.4, -0.2) is 11.1 Å². The minimum absolute atomic E-state index is 0.450. The SMILES string of the molecule is NCc1csc(-c2cccc(COC3CCCCC3)c2)n1. The molecular formula is C17H22N2OS. The van der Waals surface area contributed by atoms with Gasteiger partial charge in [0.1, 0.15) is 5.01 Å². The van der Waals surface area contributed by atoms with Crippen molar-refractivity contribution < 1.29 is 4.74 Å². The normalized spacial score (nSPS) is 16.2. The predicted octanol–water partition coefficient (Wildman–Crippen LogP) is 4.12. The third kappa shape index (κ3) is 3.90. The van der Waals surface area contributed by atoms with Gasteiger partial charge in [0, 0.05) is 17.5 Å². The maximum atomic E-state index is 6.05. The van der Waals surface area contributed by atoms with E-state index in [-0.39, 0.29) is 0 Å². The number of aromatic nitrogens is 1. The minimum atomic E-state index is 0.450. The van der Waals surface area contributed by atoms with Crippen LogP contribution in [0.5, 0.6) is 0 Å². The average Bonchev–Trinajstić information content (AvgIpc) is 3.03. The third-order valence-electron chi connectivity index (χ3n) is 3.97. The van der Waals surface area contributed by atoms with Gasteiger partial charge in [-0.3, -0.25) is 0 Å². The van der Waals surface area contributed by atoms with Crippen LogP contribution in [0.4, 0.5) is 0 Å². The summed E-state index contributed by atoms with van der Waals surface area (Å²) in [7, 11) is 0. The summed E-state index contributed by atoms with van der Waals surface area (Å²) in [5.41, 5.74) is 8.96. The van der Waals surface area contributed by atoms with E-state index in [0.717, 1.165) is 16.3 Å². The molecule has 0 saturated heterocycles. The van der Waals surface area contributed by atoms with Gasteiger partial charge in [-0.1, -0.05) is 37.5 Å². The largest absolute Gasteiger partial charge is 0.374 e. The van der Waals surface area contributed by atoms with E-state index in [0.29, 0.717) is 19.3 Å². The van der Waals surface area contributed by atoms with E-state index in [1.54, 1.807) is 11.3 Å². The summed E-state index contributed by atoms with van der Waals surface area (Å²) in [6.45, 7) is 1.20. The predicted molar refractivity (Wildman–Crippen MR) is 87.1 cm³/mol. The van der Waals surface area contributed by atoms with Gasteiger partial charge in [-0.25, -0.2) is 4.98 Å². The second kappa shape index (κ2) is 7.16. The van der Waals surface area contributed by atoms with Crippen LogP contribution < -0.4 is 5.73 Å². The number of hydrogen-bond donors (Lipinski definition) is 1. The fraction of sp³-hybridized carbons (Fsp3) is 0.471. The van der Waals surface area contributed by atoms with Gasteiger partial charge in [0.15, 0.2) is 0 Å². The lowest BCUT2D eigenvalue weighted by atomic mass is 9.98. The van der Waals surface area contributed by atoms with Gasteiger partial charge in [0.2, 0.25) is 0 Å². The van der Waals surface area contributed by atoms with Gasteiger partial charge in [-0.2, -0.15) is 0 Å². The van der Waals surface area contributed by atoms with Crippen LogP contribution in [0.1, 0.15) is 43.4 Å². The molecule has 3 rings (SSSR count). The Morgan fingerprint density at radius 3 is 2.86 bits per heavy atom. The van der Waals surface area contributed by atoms with Crippen molar-refractivity contribution in [1.29, 1.82) is 0 Å². The topological polar surface area (TPSA) is 48.1 Å². The fourth-order valence-electron chi connectivity index (χ4n) is 2.77. The first kappa shape index (κ1) is 14.7. The van der Waals surface area contributed by atoms with Crippen molar-refractivity contribution in [2.75, 3.05) is 0 Å². The summed E-state index contributed by atoms with van der Waals surface area (Å²) in [5.74, 6) is 0. The van der Waals surface area contributed by atoms with Crippen molar-refractivity contribution in [3.05, 3.63) is 40.9 Å². The molecular weight excluding hydrogens is 280 g/mol. The van der Waals surface area contributed by atoms with E-state index in [1.165, 1.54) is 37.7 Å². The van der Waals surface area contributed by atoms with E-state index in [1.807, 2.05) is 5.38 Å². The Bertz CT molecular complexity index is 576. The molecule has 3 nitrogen and oxygen atoms in total. The van der Waals surface area contributed by atoms with Crippen LogP contribution in [0.3, 0.4) is 0 Å². The molecule has 1 fully saturated rings. The first-order chi connectivity index (χ1) is 10.3. The Labute approximate surface area is 130 Å². The van der Waals surface area contributed by atoms with Gasteiger partial charge in [-0.15, -0.1) is 11.3 Å². The van der Waals surface area contributed by atoms with Crippen LogP contribution in [0, 0.1) is 0 Å². The zero-order chi connectivity index (χ0) is 14.5. The molecule has 21 heavy (non-hydrogen) atoms. The highest BCUT2D eigenvalue weighted by molar-refractivity contribution is 7.13. The summed E-state index contributed by atoms with van der Waals surface area (Å²) in [5, 5.41) is 3.07. The van der Waals surface area contributed by atoms with Gasteiger partial charge < -0.3 is 10.5 Å². The first-order valence-corrected chi connectivity index (χ1v) is 8.58. The van der Waals surface area contributed by atoms with Crippen LogP contribution in [0.15, 0.2) is 29.6 Å². The van der Waals surface area contributed by atoms with E-state index >= 15 is 0 Å². The van der Waals surface area contributed by atoms with Crippen LogP contribution in [0.2, 0.25) is 0 Å². The van der Waals surface area contributed by atoms with Crippen LogP contribution in [0.25, 0.3) is 10.6 Å². The molecule has 112 valence electrons. The van der Waals surface area contributed by atoms with Crippen molar-refractivity contribution >= 4 is 11.3 Å². The van der Waals surface area contributed by atoms with Crippen LogP contribution >= 0.6 is 11.3 Å². The fourth-order valence-corrected chi connectivity index (χ4v) is 3.60. The van der Waals surface area contributed by atoms with E-state index in [2.05, 4.69) is 29.2 Å². The van der Waals surface area contributed by atoms with Gasteiger partial charge in [0.05, 0.1) is 18.4 Å². The van der Waals surface area contributed by atoms with Gasteiger partial charge >= 0.3 is 0 Å².